The van der Waals surface area contributed by atoms with Crippen LogP contribution in [0.4, 0.5) is 0 Å². The lowest BCUT2D eigenvalue weighted by molar-refractivity contribution is 0.455. The molecule has 1 rings (SSSR count). The third-order valence-electron chi connectivity index (χ3n) is 2.46. The number of aryl methyl sites for hydroxylation is 2. The Labute approximate surface area is 96.9 Å². The first-order valence-electron chi connectivity index (χ1n) is 5.44. The smallest absolute Gasteiger partial charge is 0.0299 e. The van der Waals surface area contributed by atoms with Gasteiger partial charge in [0.25, 0.3) is 0 Å². The van der Waals surface area contributed by atoms with Gasteiger partial charge in [0, 0.05) is 21.8 Å². The highest BCUT2D eigenvalue weighted by Crippen LogP contribution is 2.20. The van der Waals surface area contributed by atoms with E-state index in [2.05, 4.69) is 39.1 Å². The molecule has 0 aromatic carbocycles. The molecule has 0 saturated carbocycles. The average Bonchev–Trinajstić information content (AvgIpc) is 2.39. The summed E-state index contributed by atoms with van der Waals surface area (Å²) in [5.41, 5.74) is 7.24. The molecule has 0 saturated heterocycles. The monoisotopic (exact) mass is 226 g/mol. The Balaban J connectivity index is 2.26. The predicted octanol–water partition coefficient (Wildman–Crippen LogP) is 2.58. The van der Waals surface area contributed by atoms with Gasteiger partial charge in [-0.05, 0) is 52.3 Å². The number of nitrogens with two attached hydrogens (primary N) is 1. The second-order valence-electron chi connectivity index (χ2n) is 4.87. The van der Waals surface area contributed by atoms with Gasteiger partial charge in [-0.2, -0.15) is 0 Å². The molecule has 0 atom stereocenters. The molecule has 0 amide bonds. The van der Waals surface area contributed by atoms with Crippen molar-refractivity contribution in [2.45, 2.75) is 46.2 Å². The number of hydrogen-bond acceptors (Lipinski definition) is 3. The van der Waals surface area contributed by atoms with Crippen LogP contribution in [0.3, 0.4) is 0 Å². The highest BCUT2D eigenvalue weighted by Gasteiger charge is 2.09. The van der Waals surface area contributed by atoms with E-state index in [1.165, 1.54) is 15.3 Å². The molecule has 1 heterocycles. The van der Waals surface area contributed by atoms with Gasteiger partial charge in [0.05, 0.1) is 0 Å². The second kappa shape index (κ2) is 5.10. The first kappa shape index (κ1) is 12.7. The summed E-state index contributed by atoms with van der Waals surface area (Å²) in [6, 6.07) is 2.26. The van der Waals surface area contributed by atoms with Crippen LogP contribution in [-0.4, -0.2) is 12.1 Å². The van der Waals surface area contributed by atoms with Gasteiger partial charge in [-0.3, -0.25) is 0 Å². The van der Waals surface area contributed by atoms with E-state index < -0.39 is 0 Å². The zero-order valence-electron chi connectivity index (χ0n) is 10.2. The molecule has 0 aliphatic carbocycles. The van der Waals surface area contributed by atoms with Crippen molar-refractivity contribution in [1.82, 2.24) is 5.32 Å². The largest absolute Gasteiger partial charge is 0.326 e. The van der Waals surface area contributed by atoms with E-state index in [0.717, 1.165) is 19.5 Å². The molecule has 0 bridgehead atoms. The molecule has 0 fully saturated rings. The van der Waals surface area contributed by atoms with Crippen LogP contribution in [0.15, 0.2) is 6.07 Å². The topological polar surface area (TPSA) is 38.0 Å². The van der Waals surface area contributed by atoms with Crippen molar-refractivity contribution >= 4 is 11.3 Å². The SMILES string of the molecule is Cc1cc(CNCCC(C)(C)N)sc1C. The maximum Gasteiger partial charge on any atom is 0.0299 e. The van der Waals surface area contributed by atoms with Gasteiger partial charge in [-0.15, -0.1) is 11.3 Å². The lowest BCUT2D eigenvalue weighted by Crippen LogP contribution is -2.35. The minimum atomic E-state index is -0.0612. The van der Waals surface area contributed by atoms with Crippen LogP contribution in [0, 0.1) is 13.8 Å². The van der Waals surface area contributed by atoms with E-state index in [1.54, 1.807) is 0 Å². The van der Waals surface area contributed by atoms with Crippen molar-refractivity contribution in [1.29, 1.82) is 0 Å². The summed E-state index contributed by atoms with van der Waals surface area (Å²) >= 11 is 1.88. The first-order chi connectivity index (χ1) is 6.88. The van der Waals surface area contributed by atoms with E-state index in [9.17, 15) is 0 Å². The summed E-state index contributed by atoms with van der Waals surface area (Å²) in [7, 11) is 0. The maximum absolute atomic E-state index is 5.91. The number of hydrogen-bond donors (Lipinski definition) is 2. The molecule has 3 heteroatoms. The first-order valence-corrected chi connectivity index (χ1v) is 6.25. The number of thiophene rings is 1. The van der Waals surface area contributed by atoms with Gasteiger partial charge in [-0.25, -0.2) is 0 Å². The summed E-state index contributed by atoms with van der Waals surface area (Å²) in [6.45, 7) is 10.4. The number of rotatable bonds is 5. The van der Waals surface area contributed by atoms with Crippen LogP contribution in [0.5, 0.6) is 0 Å². The van der Waals surface area contributed by atoms with E-state index >= 15 is 0 Å². The lowest BCUT2D eigenvalue weighted by Gasteiger charge is -2.18. The molecule has 0 aliphatic heterocycles. The highest BCUT2D eigenvalue weighted by molar-refractivity contribution is 7.12. The Morgan fingerprint density at radius 1 is 1.40 bits per heavy atom. The third kappa shape index (κ3) is 4.78. The molecule has 2 nitrogen and oxygen atoms in total. The minimum absolute atomic E-state index is 0.0612. The molecule has 1 aromatic heterocycles. The van der Waals surface area contributed by atoms with Gasteiger partial charge >= 0.3 is 0 Å². The van der Waals surface area contributed by atoms with E-state index in [0.29, 0.717) is 0 Å². The zero-order chi connectivity index (χ0) is 11.5. The van der Waals surface area contributed by atoms with Crippen LogP contribution in [0.2, 0.25) is 0 Å². The number of nitrogens with one attached hydrogen (secondary N) is 1. The van der Waals surface area contributed by atoms with Crippen molar-refractivity contribution < 1.29 is 0 Å². The molecule has 86 valence electrons. The van der Waals surface area contributed by atoms with Gasteiger partial charge in [-0.1, -0.05) is 0 Å². The van der Waals surface area contributed by atoms with Gasteiger partial charge in [0.1, 0.15) is 0 Å². The predicted molar refractivity (Wildman–Crippen MR) is 68.4 cm³/mol. The van der Waals surface area contributed by atoms with Crippen LogP contribution < -0.4 is 11.1 Å². The van der Waals surface area contributed by atoms with Crippen LogP contribution in [-0.2, 0) is 6.54 Å². The Morgan fingerprint density at radius 2 is 2.07 bits per heavy atom. The van der Waals surface area contributed by atoms with Gasteiger partial charge < -0.3 is 11.1 Å². The Morgan fingerprint density at radius 3 is 2.53 bits per heavy atom. The van der Waals surface area contributed by atoms with E-state index in [1.807, 2.05) is 11.3 Å². The van der Waals surface area contributed by atoms with Crippen molar-refractivity contribution in [3.8, 4) is 0 Å². The standard InChI is InChI=1S/C12H22N2S/c1-9-7-11(15-10(9)2)8-14-6-5-12(3,4)13/h7,14H,5-6,8,13H2,1-4H3. The average molecular weight is 226 g/mol. The molecule has 0 unspecified atom stereocenters. The Bertz CT molecular complexity index is 290. The van der Waals surface area contributed by atoms with Crippen LogP contribution >= 0.6 is 11.3 Å². The van der Waals surface area contributed by atoms with E-state index in [4.69, 9.17) is 5.73 Å². The van der Waals surface area contributed by atoms with Crippen molar-refractivity contribution in [3.05, 3.63) is 21.4 Å². The fourth-order valence-electron chi connectivity index (χ4n) is 1.36. The normalized spacial score (nSPS) is 12.1. The van der Waals surface area contributed by atoms with Crippen molar-refractivity contribution in [2.24, 2.45) is 5.73 Å². The quantitative estimate of drug-likeness (QED) is 0.757. The van der Waals surface area contributed by atoms with Crippen molar-refractivity contribution in [2.75, 3.05) is 6.54 Å². The molecule has 3 N–H and O–H groups in total. The lowest BCUT2D eigenvalue weighted by atomic mass is 10.0. The zero-order valence-corrected chi connectivity index (χ0v) is 11.0. The fraction of sp³-hybridized carbons (Fsp3) is 0.667. The van der Waals surface area contributed by atoms with Crippen molar-refractivity contribution in [3.63, 3.8) is 0 Å². The molecule has 15 heavy (non-hydrogen) atoms. The minimum Gasteiger partial charge on any atom is -0.326 e. The molecule has 0 spiro atoms. The molecular weight excluding hydrogens is 204 g/mol. The molecule has 0 radical (unpaired) electrons. The Kier molecular flexibility index (Phi) is 4.32. The van der Waals surface area contributed by atoms with Gasteiger partial charge in [0.15, 0.2) is 0 Å². The highest BCUT2D eigenvalue weighted by atomic mass is 32.1. The third-order valence-corrected chi connectivity index (χ3v) is 3.61. The molecule has 1 aromatic rings. The Hall–Kier alpha value is -0.380. The molecular formula is C12H22N2S. The summed E-state index contributed by atoms with van der Waals surface area (Å²) in [6.07, 6.45) is 1.01. The van der Waals surface area contributed by atoms with Crippen LogP contribution in [0.1, 0.15) is 35.6 Å². The molecule has 0 aliphatic rings. The fourth-order valence-corrected chi connectivity index (χ4v) is 2.38. The van der Waals surface area contributed by atoms with Crippen LogP contribution in [0.25, 0.3) is 0 Å². The summed E-state index contributed by atoms with van der Waals surface area (Å²) in [5.74, 6) is 0. The maximum atomic E-state index is 5.91. The van der Waals surface area contributed by atoms with E-state index in [-0.39, 0.29) is 5.54 Å². The summed E-state index contributed by atoms with van der Waals surface area (Å²) < 4.78 is 0. The van der Waals surface area contributed by atoms with Gasteiger partial charge in [0.2, 0.25) is 0 Å². The second-order valence-corrected chi connectivity index (χ2v) is 6.21. The summed E-state index contributed by atoms with van der Waals surface area (Å²) in [5, 5.41) is 3.43. The summed E-state index contributed by atoms with van der Waals surface area (Å²) in [4.78, 5) is 2.84.